The second-order valence-corrected chi connectivity index (χ2v) is 3.99. The molecule has 1 atom stereocenters. The zero-order valence-corrected chi connectivity index (χ0v) is 7.60. The number of benzene rings is 1. The first kappa shape index (κ1) is 8.34. The normalized spacial score (nSPS) is 27.2. The number of hydrogen-bond acceptors (Lipinski definition) is 3. The van der Waals surface area contributed by atoms with Crippen LogP contribution in [-0.2, 0) is 5.75 Å². The molecule has 0 saturated heterocycles. The number of nitrogens with zero attached hydrogens (tertiary/aromatic N) is 1. The SMILES string of the molecule is [O-][N+]1(O)SCc2cccc(Cl)c21. The van der Waals surface area contributed by atoms with Crippen LogP contribution in [0, 0.1) is 5.21 Å². The maximum Gasteiger partial charge on any atom is 0.200 e. The molecule has 0 amide bonds. The summed E-state index contributed by atoms with van der Waals surface area (Å²) >= 11 is 6.66. The molecule has 3 nitrogen and oxygen atoms in total. The van der Waals surface area contributed by atoms with E-state index in [1.54, 1.807) is 18.2 Å². The highest BCUT2D eigenvalue weighted by atomic mass is 35.5. The van der Waals surface area contributed by atoms with Gasteiger partial charge in [-0.05, 0) is 6.07 Å². The molecule has 1 aromatic rings. The summed E-state index contributed by atoms with van der Waals surface area (Å²) in [6.07, 6.45) is 0. The Morgan fingerprint density at radius 1 is 1.58 bits per heavy atom. The van der Waals surface area contributed by atoms with Gasteiger partial charge in [0, 0.05) is 5.56 Å². The van der Waals surface area contributed by atoms with Crippen LogP contribution >= 0.6 is 23.5 Å². The van der Waals surface area contributed by atoms with Crippen molar-refractivity contribution >= 4 is 29.2 Å². The molecule has 0 fully saturated rings. The van der Waals surface area contributed by atoms with E-state index in [2.05, 4.69) is 0 Å². The van der Waals surface area contributed by atoms with E-state index in [1.165, 1.54) is 0 Å². The number of rotatable bonds is 0. The van der Waals surface area contributed by atoms with Crippen LogP contribution in [-0.4, -0.2) is 5.21 Å². The molecule has 0 aliphatic carbocycles. The zero-order chi connectivity index (χ0) is 8.77. The Morgan fingerprint density at radius 2 is 2.33 bits per heavy atom. The lowest BCUT2D eigenvalue weighted by Gasteiger charge is -2.25. The van der Waals surface area contributed by atoms with Gasteiger partial charge in [0.2, 0.25) is 5.69 Å². The van der Waals surface area contributed by atoms with Gasteiger partial charge in [-0.25, -0.2) is 0 Å². The van der Waals surface area contributed by atoms with Crippen LogP contribution in [0.1, 0.15) is 5.56 Å². The Kier molecular flexibility index (Phi) is 1.82. The maximum absolute atomic E-state index is 11.3. The highest BCUT2D eigenvalue weighted by molar-refractivity contribution is 7.98. The second-order valence-electron chi connectivity index (χ2n) is 2.54. The first-order valence-electron chi connectivity index (χ1n) is 3.36. The number of halogens is 1. The van der Waals surface area contributed by atoms with Crippen LogP contribution in [0.4, 0.5) is 5.69 Å². The van der Waals surface area contributed by atoms with E-state index in [0.717, 1.165) is 17.5 Å². The number of para-hydroxylation sites is 1. The van der Waals surface area contributed by atoms with Crippen molar-refractivity contribution in [2.45, 2.75) is 5.75 Å². The van der Waals surface area contributed by atoms with Crippen molar-refractivity contribution in [3.63, 3.8) is 0 Å². The van der Waals surface area contributed by atoms with Crippen molar-refractivity contribution in [3.8, 4) is 0 Å². The van der Waals surface area contributed by atoms with Gasteiger partial charge in [0.25, 0.3) is 0 Å². The first-order chi connectivity index (χ1) is 5.61. The van der Waals surface area contributed by atoms with Crippen molar-refractivity contribution in [3.05, 3.63) is 34.0 Å². The van der Waals surface area contributed by atoms with E-state index in [9.17, 15) is 10.4 Å². The quantitative estimate of drug-likeness (QED) is 0.401. The van der Waals surface area contributed by atoms with Crippen molar-refractivity contribution in [2.24, 2.45) is 0 Å². The lowest BCUT2D eigenvalue weighted by Crippen LogP contribution is -2.27. The summed E-state index contributed by atoms with van der Waals surface area (Å²) in [5.74, 6) is 0.510. The molecule has 0 spiro atoms. The third-order valence-electron chi connectivity index (χ3n) is 1.75. The van der Waals surface area contributed by atoms with Crippen LogP contribution in [0.3, 0.4) is 0 Å². The summed E-state index contributed by atoms with van der Waals surface area (Å²) in [5.41, 5.74) is 1.08. The van der Waals surface area contributed by atoms with Crippen molar-refractivity contribution in [1.82, 2.24) is 4.21 Å². The van der Waals surface area contributed by atoms with E-state index in [4.69, 9.17) is 11.6 Å². The molecule has 64 valence electrons. The Morgan fingerprint density at radius 3 is 3.00 bits per heavy atom. The van der Waals surface area contributed by atoms with E-state index >= 15 is 0 Å². The van der Waals surface area contributed by atoms with Crippen molar-refractivity contribution in [1.29, 1.82) is 0 Å². The molecule has 1 aromatic carbocycles. The topological polar surface area (TPSA) is 43.3 Å². The molecule has 0 saturated carbocycles. The summed E-state index contributed by atoms with van der Waals surface area (Å²) in [4.78, 5) is 0. The standard InChI is InChI=1S/C7H6ClNO2S/c8-6-3-1-2-5-4-12-9(10,11)7(5)6/h1-3,10H,4H2. The van der Waals surface area contributed by atoms with Crippen LogP contribution in [0.25, 0.3) is 0 Å². The van der Waals surface area contributed by atoms with Crippen molar-refractivity contribution < 1.29 is 5.21 Å². The van der Waals surface area contributed by atoms with Gasteiger partial charge >= 0.3 is 0 Å². The Hall–Kier alpha value is -0.260. The molecule has 0 aromatic heterocycles. The Bertz CT molecular complexity index is 329. The smallest absolute Gasteiger partial charge is 0.200 e. The van der Waals surface area contributed by atoms with Crippen molar-refractivity contribution in [2.75, 3.05) is 0 Å². The van der Waals surface area contributed by atoms with Crippen LogP contribution in [0.2, 0.25) is 5.02 Å². The number of quaternary nitrogens is 1. The molecule has 1 aliphatic rings. The summed E-state index contributed by atoms with van der Waals surface area (Å²) < 4.78 is -1.41. The largest absolute Gasteiger partial charge is 0.581 e. The fourth-order valence-electron chi connectivity index (χ4n) is 1.21. The molecule has 1 unspecified atom stereocenters. The number of fused-ring (bicyclic) bond motifs is 1. The minimum Gasteiger partial charge on any atom is -0.581 e. The summed E-state index contributed by atoms with van der Waals surface area (Å²) in [6, 6.07) is 5.17. The second kappa shape index (κ2) is 2.61. The Labute approximate surface area is 78.8 Å². The van der Waals surface area contributed by atoms with E-state index < -0.39 is 4.21 Å². The average molecular weight is 204 g/mol. The fourth-order valence-corrected chi connectivity index (χ4v) is 2.47. The molecule has 5 heteroatoms. The average Bonchev–Trinajstić information content (AvgIpc) is 2.29. The predicted octanol–water partition coefficient (Wildman–Crippen LogP) is 2.70. The monoisotopic (exact) mass is 203 g/mol. The minimum absolute atomic E-state index is 0.268. The molecule has 1 heterocycles. The van der Waals surface area contributed by atoms with Gasteiger partial charge in [-0.3, -0.25) is 0 Å². The van der Waals surface area contributed by atoms with Gasteiger partial charge in [-0.15, -0.1) is 4.21 Å². The molecule has 1 aliphatic heterocycles. The lowest BCUT2D eigenvalue weighted by atomic mass is 10.2. The fraction of sp³-hybridized carbons (Fsp3) is 0.143. The van der Waals surface area contributed by atoms with Gasteiger partial charge in [0.05, 0.1) is 5.75 Å². The zero-order valence-electron chi connectivity index (χ0n) is 6.03. The lowest BCUT2D eigenvalue weighted by molar-refractivity contribution is 0.0772. The third kappa shape index (κ3) is 1.12. The highest BCUT2D eigenvalue weighted by Gasteiger charge is 2.34. The third-order valence-corrected chi connectivity index (χ3v) is 3.03. The van der Waals surface area contributed by atoms with Crippen LogP contribution in [0.5, 0.6) is 0 Å². The van der Waals surface area contributed by atoms with E-state index in [0.29, 0.717) is 10.8 Å². The van der Waals surface area contributed by atoms with E-state index in [-0.39, 0.29) is 5.69 Å². The molecule has 12 heavy (non-hydrogen) atoms. The van der Waals surface area contributed by atoms with Gasteiger partial charge in [-0.1, -0.05) is 23.7 Å². The molecule has 0 radical (unpaired) electrons. The highest BCUT2D eigenvalue weighted by Crippen LogP contribution is 2.46. The molecular formula is C7H6ClNO2S. The van der Waals surface area contributed by atoms with Gasteiger partial charge in [0.15, 0.2) is 0 Å². The maximum atomic E-state index is 11.3. The predicted molar refractivity (Wildman–Crippen MR) is 49.7 cm³/mol. The van der Waals surface area contributed by atoms with Gasteiger partial charge in [0.1, 0.15) is 17.0 Å². The summed E-state index contributed by atoms with van der Waals surface area (Å²) in [6.45, 7) is 0. The summed E-state index contributed by atoms with van der Waals surface area (Å²) in [5, 5.41) is 20.9. The van der Waals surface area contributed by atoms with Crippen LogP contribution < -0.4 is 4.21 Å². The molecule has 0 bridgehead atoms. The molecular weight excluding hydrogens is 198 g/mol. The van der Waals surface area contributed by atoms with Gasteiger partial charge in [-0.2, -0.15) is 5.21 Å². The minimum atomic E-state index is -1.41. The number of hydrogen-bond donors (Lipinski definition) is 1. The first-order valence-corrected chi connectivity index (χ1v) is 4.68. The van der Waals surface area contributed by atoms with Gasteiger partial charge < -0.3 is 5.21 Å². The Balaban J connectivity index is 2.64. The van der Waals surface area contributed by atoms with Crippen LogP contribution in [0.15, 0.2) is 18.2 Å². The summed E-state index contributed by atoms with van der Waals surface area (Å²) in [7, 11) is 0. The van der Waals surface area contributed by atoms with E-state index in [1.807, 2.05) is 0 Å². The molecule has 1 N–H and O–H groups in total. The molecule has 2 rings (SSSR count).